The van der Waals surface area contributed by atoms with Crippen LogP contribution in [0.4, 0.5) is 4.79 Å². The first-order valence-corrected chi connectivity index (χ1v) is 8.38. The number of benzene rings is 1. The molecule has 1 fully saturated rings. The Bertz CT molecular complexity index is 568. The molecule has 2 N–H and O–H groups in total. The van der Waals surface area contributed by atoms with Crippen LogP contribution in [-0.4, -0.2) is 30.4 Å². The summed E-state index contributed by atoms with van der Waals surface area (Å²) in [5.41, 5.74) is 0.779. The van der Waals surface area contributed by atoms with E-state index in [1.54, 1.807) is 0 Å². The van der Waals surface area contributed by atoms with Crippen LogP contribution in [0.1, 0.15) is 51.6 Å². The fourth-order valence-corrected chi connectivity index (χ4v) is 3.32. The molecule has 1 saturated carbocycles. The van der Waals surface area contributed by atoms with Gasteiger partial charge in [-0.25, -0.2) is 4.79 Å². The third kappa shape index (κ3) is 4.16. The first kappa shape index (κ1) is 16.1. The van der Waals surface area contributed by atoms with Crippen molar-refractivity contribution in [3.63, 3.8) is 0 Å². The summed E-state index contributed by atoms with van der Waals surface area (Å²) >= 11 is 0. The van der Waals surface area contributed by atoms with E-state index in [0.717, 1.165) is 25.0 Å². The molecule has 126 valence electrons. The lowest BCUT2D eigenvalue weighted by Crippen LogP contribution is -2.39. The van der Waals surface area contributed by atoms with E-state index in [9.17, 15) is 4.79 Å². The quantitative estimate of drug-likeness (QED) is 0.899. The summed E-state index contributed by atoms with van der Waals surface area (Å²) < 4.78 is 11.0. The van der Waals surface area contributed by atoms with Crippen molar-refractivity contribution in [2.45, 2.75) is 63.8 Å². The Morgan fingerprint density at radius 3 is 2.74 bits per heavy atom. The average molecular weight is 318 g/mol. The van der Waals surface area contributed by atoms with Gasteiger partial charge in [-0.1, -0.05) is 18.2 Å². The number of carbonyl (C=O) groups excluding carboxylic acids is 1. The summed E-state index contributed by atoms with van der Waals surface area (Å²) in [4.78, 5) is 11.9. The minimum Gasteiger partial charge on any atom is -0.491 e. The minimum absolute atomic E-state index is 0.180. The molecule has 23 heavy (non-hydrogen) atoms. The molecular weight excluding hydrogens is 292 g/mol. The number of ether oxygens (including phenoxy) is 2. The van der Waals surface area contributed by atoms with Gasteiger partial charge >= 0.3 is 6.09 Å². The molecule has 5 heteroatoms. The molecular formula is C18H26N2O3. The van der Waals surface area contributed by atoms with E-state index >= 15 is 0 Å². The summed E-state index contributed by atoms with van der Waals surface area (Å²) in [6, 6.07) is 9.00. The van der Waals surface area contributed by atoms with Gasteiger partial charge in [0.1, 0.15) is 18.0 Å². The van der Waals surface area contributed by atoms with Crippen molar-refractivity contribution < 1.29 is 14.3 Å². The van der Waals surface area contributed by atoms with Crippen LogP contribution in [0.3, 0.4) is 0 Å². The van der Waals surface area contributed by atoms with Crippen LogP contribution in [0.2, 0.25) is 0 Å². The Kier molecular flexibility index (Phi) is 4.48. The summed E-state index contributed by atoms with van der Waals surface area (Å²) in [6.07, 6.45) is 2.64. The van der Waals surface area contributed by atoms with E-state index in [1.807, 2.05) is 39.0 Å². The van der Waals surface area contributed by atoms with E-state index in [-0.39, 0.29) is 18.2 Å². The van der Waals surface area contributed by atoms with Gasteiger partial charge in [-0.3, -0.25) is 0 Å². The zero-order chi connectivity index (χ0) is 16.4. The van der Waals surface area contributed by atoms with Crippen molar-refractivity contribution in [2.24, 2.45) is 0 Å². The zero-order valence-electron chi connectivity index (χ0n) is 14.1. The molecule has 0 radical (unpaired) electrons. The molecule has 0 aromatic heterocycles. The molecule has 0 bridgehead atoms. The molecule has 0 spiro atoms. The highest BCUT2D eigenvalue weighted by Crippen LogP contribution is 2.33. The number of alkyl carbamates (subject to hydrolysis) is 1. The second kappa shape index (κ2) is 6.40. The summed E-state index contributed by atoms with van der Waals surface area (Å²) in [5, 5.41) is 6.65. The maximum absolute atomic E-state index is 11.9. The van der Waals surface area contributed by atoms with Gasteiger partial charge in [-0.2, -0.15) is 0 Å². The Morgan fingerprint density at radius 1 is 1.22 bits per heavy atom. The fourth-order valence-electron chi connectivity index (χ4n) is 3.32. The SMILES string of the molecule is CC(C)(C)OC(=O)NC1CCC(NC2COc3ccccc32)C1. The van der Waals surface area contributed by atoms with Gasteiger partial charge in [-0.15, -0.1) is 0 Å². The molecule has 3 unspecified atom stereocenters. The van der Waals surface area contributed by atoms with Crippen LogP contribution in [0.5, 0.6) is 5.75 Å². The summed E-state index contributed by atoms with van der Waals surface area (Å²) in [5.74, 6) is 0.978. The molecule has 1 amide bonds. The molecule has 0 saturated heterocycles. The summed E-state index contributed by atoms with van der Waals surface area (Å²) in [6.45, 7) is 6.31. The Balaban J connectivity index is 1.48. The highest BCUT2D eigenvalue weighted by molar-refractivity contribution is 5.68. The van der Waals surface area contributed by atoms with Crippen molar-refractivity contribution in [3.8, 4) is 5.75 Å². The standard InChI is InChI=1S/C18H26N2O3/c1-18(2,3)23-17(21)20-13-9-8-12(10-13)19-15-11-22-16-7-5-4-6-14(15)16/h4-7,12-13,15,19H,8-11H2,1-3H3,(H,20,21). The molecule has 1 aliphatic heterocycles. The van der Waals surface area contributed by atoms with Crippen LogP contribution in [0.25, 0.3) is 0 Å². The monoisotopic (exact) mass is 318 g/mol. The van der Waals surface area contributed by atoms with Crippen LogP contribution in [0.15, 0.2) is 24.3 Å². The fraction of sp³-hybridized carbons (Fsp3) is 0.611. The van der Waals surface area contributed by atoms with Gasteiger partial charge in [0.2, 0.25) is 0 Å². The highest BCUT2D eigenvalue weighted by atomic mass is 16.6. The smallest absolute Gasteiger partial charge is 0.407 e. The third-order valence-electron chi connectivity index (χ3n) is 4.29. The number of hydrogen-bond donors (Lipinski definition) is 2. The van der Waals surface area contributed by atoms with Crippen molar-refractivity contribution in [1.29, 1.82) is 0 Å². The van der Waals surface area contributed by atoms with Gasteiger partial charge in [-0.05, 0) is 46.1 Å². The number of rotatable bonds is 3. The van der Waals surface area contributed by atoms with Crippen molar-refractivity contribution in [1.82, 2.24) is 10.6 Å². The van der Waals surface area contributed by atoms with Gasteiger partial charge in [0, 0.05) is 17.6 Å². The number of hydrogen-bond acceptors (Lipinski definition) is 4. The van der Waals surface area contributed by atoms with E-state index in [1.165, 1.54) is 5.56 Å². The van der Waals surface area contributed by atoms with Gasteiger partial charge in [0.15, 0.2) is 0 Å². The lowest BCUT2D eigenvalue weighted by Gasteiger charge is -2.22. The van der Waals surface area contributed by atoms with Crippen LogP contribution in [-0.2, 0) is 4.74 Å². The summed E-state index contributed by atoms with van der Waals surface area (Å²) in [7, 11) is 0. The molecule has 5 nitrogen and oxygen atoms in total. The number of carbonyl (C=O) groups is 1. The van der Waals surface area contributed by atoms with Crippen LogP contribution in [0, 0.1) is 0 Å². The molecule has 1 aromatic carbocycles. The zero-order valence-corrected chi connectivity index (χ0v) is 14.1. The van der Waals surface area contributed by atoms with Gasteiger partial charge in [0.25, 0.3) is 0 Å². The largest absolute Gasteiger partial charge is 0.491 e. The van der Waals surface area contributed by atoms with E-state index in [0.29, 0.717) is 12.6 Å². The second-order valence-corrected chi connectivity index (χ2v) is 7.42. The lowest BCUT2D eigenvalue weighted by atomic mass is 10.1. The number of para-hydroxylation sites is 1. The Hall–Kier alpha value is -1.75. The predicted octanol–water partition coefficient (Wildman–Crippen LogP) is 3.16. The molecule has 2 aliphatic rings. The minimum atomic E-state index is -0.453. The average Bonchev–Trinajstić information content (AvgIpc) is 3.05. The highest BCUT2D eigenvalue weighted by Gasteiger charge is 2.31. The second-order valence-electron chi connectivity index (χ2n) is 7.42. The predicted molar refractivity (Wildman–Crippen MR) is 88.6 cm³/mol. The Morgan fingerprint density at radius 2 is 1.96 bits per heavy atom. The molecule has 1 heterocycles. The molecule has 1 aromatic rings. The van der Waals surface area contributed by atoms with Gasteiger partial charge in [0.05, 0.1) is 6.04 Å². The lowest BCUT2D eigenvalue weighted by molar-refractivity contribution is 0.0505. The number of nitrogens with one attached hydrogen (secondary N) is 2. The van der Waals surface area contributed by atoms with Crippen LogP contribution >= 0.6 is 0 Å². The normalized spacial score (nSPS) is 26.5. The van der Waals surface area contributed by atoms with Crippen molar-refractivity contribution in [3.05, 3.63) is 29.8 Å². The maximum atomic E-state index is 11.9. The van der Waals surface area contributed by atoms with E-state index in [2.05, 4.69) is 16.7 Å². The Labute approximate surface area is 137 Å². The maximum Gasteiger partial charge on any atom is 0.407 e. The van der Waals surface area contributed by atoms with E-state index in [4.69, 9.17) is 9.47 Å². The van der Waals surface area contributed by atoms with E-state index < -0.39 is 5.60 Å². The van der Waals surface area contributed by atoms with Gasteiger partial charge < -0.3 is 20.1 Å². The first-order chi connectivity index (χ1) is 10.9. The molecule has 3 atom stereocenters. The third-order valence-corrected chi connectivity index (χ3v) is 4.29. The van der Waals surface area contributed by atoms with Crippen LogP contribution < -0.4 is 15.4 Å². The van der Waals surface area contributed by atoms with Crippen molar-refractivity contribution >= 4 is 6.09 Å². The first-order valence-electron chi connectivity index (χ1n) is 8.38. The molecule has 3 rings (SSSR count). The number of fused-ring (bicyclic) bond motifs is 1. The topological polar surface area (TPSA) is 59.6 Å². The van der Waals surface area contributed by atoms with Crippen molar-refractivity contribution in [2.75, 3.05) is 6.61 Å². The number of amides is 1. The molecule has 1 aliphatic carbocycles.